The standard InChI is InChI=1S/C12H19N.ClH/c1-9-7-5-6-8-10(9)11(13)12(2,3)4;/h5-8,11H,13H2,1-4H3;1H/t11-;/m1./s1. The van der Waals surface area contributed by atoms with Gasteiger partial charge in [0.05, 0.1) is 0 Å². The predicted molar refractivity (Wildman–Crippen MR) is 64.8 cm³/mol. The summed E-state index contributed by atoms with van der Waals surface area (Å²) < 4.78 is 0. The molecule has 14 heavy (non-hydrogen) atoms. The van der Waals surface area contributed by atoms with Crippen LogP contribution in [0, 0.1) is 12.3 Å². The fourth-order valence-electron chi connectivity index (χ4n) is 1.40. The summed E-state index contributed by atoms with van der Waals surface area (Å²) >= 11 is 0. The van der Waals surface area contributed by atoms with E-state index in [2.05, 4.69) is 39.8 Å². The van der Waals surface area contributed by atoms with Crippen LogP contribution in [0.5, 0.6) is 0 Å². The second-order valence-electron chi connectivity index (χ2n) is 4.70. The molecule has 1 rings (SSSR count). The lowest BCUT2D eigenvalue weighted by atomic mass is 9.81. The maximum absolute atomic E-state index is 6.17. The zero-order valence-electron chi connectivity index (χ0n) is 9.37. The van der Waals surface area contributed by atoms with Crippen LogP contribution in [0.15, 0.2) is 24.3 Å². The van der Waals surface area contributed by atoms with Crippen LogP contribution in [0.25, 0.3) is 0 Å². The molecule has 2 N–H and O–H groups in total. The van der Waals surface area contributed by atoms with Gasteiger partial charge in [0.2, 0.25) is 0 Å². The highest BCUT2D eigenvalue weighted by Crippen LogP contribution is 2.31. The molecule has 1 atom stereocenters. The summed E-state index contributed by atoms with van der Waals surface area (Å²) in [5.41, 5.74) is 8.85. The van der Waals surface area contributed by atoms with E-state index in [4.69, 9.17) is 5.73 Å². The maximum Gasteiger partial charge on any atom is 0.0346 e. The normalized spacial score (nSPS) is 13.2. The zero-order valence-corrected chi connectivity index (χ0v) is 10.2. The Balaban J connectivity index is 0.00000169. The molecule has 0 fully saturated rings. The van der Waals surface area contributed by atoms with Gasteiger partial charge >= 0.3 is 0 Å². The molecule has 0 unspecified atom stereocenters. The Hall–Kier alpha value is -0.530. The molecule has 1 aromatic rings. The van der Waals surface area contributed by atoms with Gasteiger partial charge in [0.25, 0.3) is 0 Å². The van der Waals surface area contributed by atoms with Crippen molar-refractivity contribution in [3.63, 3.8) is 0 Å². The molecule has 0 amide bonds. The van der Waals surface area contributed by atoms with Crippen molar-refractivity contribution in [3.8, 4) is 0 Å². The van der Waals surface area contributed by atoms with Crippen LogP contribution in [0.3, 0.4) is 0 Å². The minimum atomic E-state index is 0. The third-order valence-electron chi connectivity index (χ3n) is 2.46. The highest BCUT2D eigenvalue weighted by atomic mass is 35.5. The van der Waals surface area contributed by atoms with Crippen molar-refractivity contribution < 1.29 is 0 Å². The van der Waals surface area contributed by atoms with Gasteiger partial charge in [-0.25, -0.2) is 0 Å². The number of nitrogens with two attached hydrogens (primary N) is 1. The number of hydrogen-bond acceptors (Lipinski definition) is 1. The van der Waals surface area contributed by atoms with Gasteiger partial charge < -0.3 is 5.73 Å². The van der Waals surface area contributed by atoms with Crippen molar-refractivity contribution in [1.82, 2.24) is 0 Å². The van der Waals surface area contributed by atoms with E-state index < -0.39 is 0 Å². The molecule has 0 heterocycles. The Morgan fingerprint density at radius 2 is 1.64 bits per heavy atom. The van der Waals surface area contributed by atoms with Gasteiger partial charge in [0.1, 0.15) is 0 Å². The quantitative estimate of drug-likeness (QED) is 0.760. The van der Waals surface area contributed by atoms with E-state index in [1.165, 1.54) is 11.1 Å². The summed E-state index contributed by atoms with van der Waals surface area (Å²) in [7, 11) is 0. The molecule has 0 bridgehead atoms. The van der Waals surface area contributed by atoms with E-state index in [-0.39, 0.29) is 23.9 Å². The van der Waals surface area contributed by atoms with Crippen LogP contribution in [0.4, 0.5) is 0 Å². The highest BCUT2D eigenvalue weighted by molar-refractivity contribution is 5.85. The summed E-state index contributed by atoms with van der Waals surface area (Å²) in [5.74, 6) is 0. The first-order valence-electron chi connectivity index (χ1n) is 4.74. The Morgan fingerprint density at radius 1 is 1.14 bits per heavy atom. The first kappa shape index (κ1) is 13.5. The summed E-state index contributed by atoms with van der Waals surface area (Å²) in [6, 6.07) is 8.45. The third-order valence-corrected chi connectivity index (χ3v) is 2.46. The number of benzene rings is 1. The number of hydrogen-bond donors (Lipinski definition) is 1. The Kier molecular flexibility index (Phi) is 4.63. The molecular formula is C12H20ClN. The molecular weight excluding hydrogens is 194 g/mol. The van der Waals surface area contributed by atoms with Crippen molar-refractivity contribution in [2.24, 2.45) is 11.1 Å². The van der Waals surface area contributed by atoms with E-state index in [9.17, 15) is 0 Å². The third kappa shape index (κ3) is 3.00. The highest BCUT2D eigenvalue weighted by Gasteiger charge is 2.22. The van der Waals surface area contributed by atoms with E-state index in [0.29, 0.717) is 0 Å². The molecule has 0 aliphatic heterocycles. The average Bonchev–Trinajstić information content (AvgIpc) is 2.02. The van der Waals surface area contributed by atoms with Gasteiger partial charge in [-0.2, -0.15) is 0 Å². The molecule has 1 aromatic carbocycles. The van der Waals surface area contributed by atoms with Gasteiger partial charge in [0, 0.05) is 6.04 Å². The van der Waals surface area contributed by atoms with Crippen LogP contribution in [-0.4, -0.2) is 0 Å². The van der Waals surface area contributed by atoms with E-state index in [1.54, 1.807) is 0 Å². The largest absolute Gasteiger partial charge is 0.324 e. The summed E-state index contributed by atoms with van der Waals surface area (Å²) in [4.78, 5) is 0. The molecule has 0 aromatic heterocycles. The van der Waals surface area contributed by atoms with Gasteiger partial charge in [-0.15, -0.1) is 12.4 Å². The molecule has 0 radical (unpaired) electrons. The first-order valence-corrected chi connectivity index (χ1v) is 4.74. The van der Waals surface area contributed by atoms with Crippen molar-refractivity contribution in [1.29, 1.82) is 0 Å². The molecule has 2 heteroatoms. The summed E-state index contributed by atoms with van der Waals surface area (Å²) in [6.45, 7) is 8.62. The Morgan fingerprint density at radius 3 is 2.07 bits per heavy atom. The SMILES string of the molecule is Cc1ccccc1[C@@H](N)C(C)(C)C.Cl. The number of halogens is 1. The van der Waals surface area contributed by atoms with Crippen LogP contribution in [0.1, 0.15) is 37.9 Å². The second-order valence-corrected chi connectivity index (χ2v) is 4.70. The minimum Gasteiger partial charge on any atom is -0.324 e. The zero-order chi connectivity index (χ0) is 10.1. The minimum absolute atomic E-state index is 0. The summed E-state index contributed by atoms with van der Waals surface area (Å²) in [6.07, 6.45) is 0. The van der Waals surface area contributed by atoms with Crippen molar-refractivity contribution in [2.45, 2.75) is 33.7 Å². The molecule has 0 saturated heterocycles. The lowest BCUT2D eigenvalue weighted by Crippen LogP contribution is -2.26. The Bertz CT molecular complexity index is 289. The van der Waals surface area contributed by atoms with Crippen molar-refractivity contribution in [3.05, 3.63) is 35.4 Å². The smallest absolute Gasteiger partial charge is 0.0346 e. The molecule has 0 aliphatic rings. The topological polar surface area (TPSA) is 26.0 Å². The van der Waals surface area contributed by atoms with Gasteiger partial charge in [-0.05, 0) is 23.5 Å². The van der Waals surface area contributed by atoms with E-state index in [1.807, 2.05) is 12.1 Å². The van der Waals surface area contributed by atoms with Crippen molar-refractivity contribution >= 4 is 12.4 Å². The predicted octanol–water partition coefficient (Wildman–Crippen LogP) is 3.46. The van der Waals surface area contributed by atoms with Crippen molar-refractivity contribution in [2.75, 3.05) is 0 Å². The first-order chi connectivity index (χ1) is 5.93. The average molecular weight is 214 g/mol. The van der Waals surface area contributed by atoms with E-state index >= 15 is 0 Å². The number of aryl methyl sites for hydroxylation is 1. The van der Waals surface area contributed by atoms with Gasteiger partial charge in [-0.1, -0.05) is 45.0 Å². The second kappa shape index (κ2) is 4.81. The molecule has 0 aliphatic carbocycles. The fraction of sp³-hybridized carbons (Fsp3) is 0.500. The fourth-order valence-corrected chi connectivity index (χ4v) is 1.40. The monoisotopic (exact) mass is 213 g/mol. The van der Waals surface area contributed by atoms with E-state index in [0.717, 1.165) is 0 Å². The van der Waals surface area contributed by atoms with Crippen LogP contribution in [-0.2, 0) is 0 Å². The van der Waals surface area contributed by atoms with Gasteiger partial charge in [0.15, 0.2) is 0 Å². The molecule has 0 spiro atoms. The van der Waals surface area contributed by atoms with Crippen LogP contribution in [0.2, 0.25) is 0 Å². The molecule has 1 nitrogen and oxygen atoms in total. The van der Waals surface area contributed by atoms with Crippen LogP contribution < -0.4 is 5.73 Å². The van der Waals surface area contributed by atoms with Gasteiger partial charge in [-0.3, -0.25) is 0 Å². The maximum atomic E-state index is 6.17. The van der Waals surface area contributed by atoms with Crippen LogP contribution >= 0.6 is 12.4 Å². The number of rotatable bonds is 1. The lowest BCUT2D eigenvalue weighted by molar-refractivity contribution is 0.326. The Labute approximate surface area is 93.1 Å². The summed E-state index contributed by atoms with van der Waals surface area (Å²) in [5, 5.41) is 0. The lowest BCUT2D eigenvalue weighted by Gasteiger charge is -2.28. The molecule has 0 saturated carbocycles. The molecule has 80 valence electrons.